The predicted octanol–water partition coefficient (Wildman–Crippen LogP) is 1.82. The van der Waals surface area contributed by atoms with E-state index in [0.29, 0.717) is 25.0 Å². The Morgan fingerprint density at radius 3 is 2.61 bits per heavy atom. The van der Waals surface area contributed by atoms with Crippen LogP contribution in [0.25, 0.3) is 0 Å². The van der Waals surface area contributed by atoms with Crippen LogP contribution in [0.4, 0.5) is 11.9 Å². The van der Waals surface area contributed by atoms with E-state index in [-0.39, 0.29) is 11.3 Å². The van der Waals surface area contributed by atoms with Crippen LogP contribution in [-0.4, -0.2) is 47.8 Å². The lowest BCUT2D eigenvalue weighted by Crippen LogP contribution is -2.35. The van der Waals surface area contributed by atoms with Gasteiger partial charge in [-0.05, 0) is 32.4 Å². The summed E-state index contributed by atoms with van der Waals surface area (Å²) in [5, 5.41) is 3.23. The zero-order valence-electron chi connectivity index (χ0n) is 11.3. The maximum Gasteiger partial charge on any atom is 0.231 e. The van der Waals surface area contributed by atoms with Crippen molar-refractivity contribution in [1.29, 1.82) is 0 Å². The summed E-state index contributed by atoms with van der Waals surface area (Å²) in [6.45, 7) is 8.17. The minimum absolute atomic E-state index is 0.194. The van der Waals surface area contributed by atoms with E-state index in [4.69, 9.17) is 16.3 Å². The largest absolute Gasteiger partial charge is 0.383 e. The zero-order valence-corrected chi connectivity index (χ0v) is 12.0. The van der Waals surface area contributed by atoms with E-state index in [1.807, 2.05) is 11.8 Å². The number of aromatic nitrogens is 3. The lowest BCUT2D eigenvalue weighted by molar-refractivity contribution is 0.203. The molecule has 0 saturated carbocycles. The van der Waals surface area contributed by atoms with Gasteiger partial charge in [0.05, 0.1) is 6.61 Å². The summed E-state index contributed by atoms with van der Waals surface area (Å²) in [5.41, 5.74) is 0. The van der Waals surface area contributed by atoms with Gasteiger partial charge in [-0.15, -0.1) is 0 Å². The van der Waals surface area contributed by atoms with Gasteiger partial charge >= 0.3 is 0 Å². The molecular formula is C11H20ClN5O. The van der Waals surface area contributed by atoms with Crippen LogP contribution in [0.15, 0.2) is 0 Å². The molecule has 0 aliphatic carbocycles. The number of hydrogen-bond donors (Lipinski definition) is 1. The number of halogens is 1. The van der Waals surface area contributed by atoms with Gasteiger partial charge in [-0.1, -0.05) is 0 Å². The third-order valence-electron chi connectivity index (χ3n) is 2.35. The Kier molecular flexibility index (Phi) is 6.07. The van der Waals surface area contributed by atoms with Crippen molar-refractivity contribution < 1.29 is 4.74 Å². The van der Waals surface area contributed by atoms with Crippen LogP contribution in [0.3, 0.4) is 0 Å². The molecule has 0 amide bonds. The molecule has 1 N–H and O–H groups in total. The Labute approximate surface area is 113 Å². The number of nitrogens with one attached hydrogen (secondary N) is 1. The average Bonchev–Trinajstić information content (AvgIpc) is 2.28. The van der Waals surface area contributed by atoms with Crippen LogP contribution in [0.5, 0.6) is 0 Å². The Hall–Kier alpha value is -1.14. The topological polar surface area (TPSA) is 63.2 Å². The Morgan fingerprint density at radius 2 is 2.06 bits per heavy atom. The second kappa shape index (κ2) is 7.33. The molecule has 0 aliphatic heterocycles. The molecule has 102 valence electrons. The summed E-state index contributed by atoms with van der Waals surface area (Å²) in [7, 11) is 1.67. The van der Waals surface area contributed by atoms with Crippen molar-refractivity contribution in [2.75, 3.05) is 37.0 Å². The minimum atomic E-state index is 0.194. The molecule has 0 bridgehead atoms. The first kappa shape index (κ1) is 14.9. The Bertz CT molecular complexity index is 374. The molecule has 0 saturated heterocycles. The second-order valence-electron chi connectivity index (χ2n) is 4.04. The van der Waals surface area contributed by atoms with Gasteiger partial charge < -0.3 is 15.0 Å². The SMILES string of the molecule is CCNc1nc(Cl)nc(N(CCOC)C(C)C)n1. The monoisotopic (exact) mass is 273 g/mol. The summed E-state index contributed by atoms with van der Waals surface area (Å²) < 4.78 is 5.09. The molecule has 0 radical (unpaired) electrons. The van der Waals surface area contributed by atoms with Gasteiger partial charge in [-0.2, -0.15) is 15.0 Å². The second-order valence-corrected chi connectivity index (χ2v) is 4.38. The zero-order chi connectivity index (χ0) is 13.5. The van der Waals surface area contributed by atoms with Gasteiger partial charge in [0.15, 0.2) is 0 Å². The Balaban J connectivity index is 2.95. The normalized spacial score (nSPS) is 10.8. The van der Waals surface area contributed by atoms with Crippen molar-refractivity contribution >= 4 is 23.5 Å². The third-order valence-corrected chi connectivity index (χ3v) is 2.52. The number of ether oxygens (including phenoxy) is 1. The summed E-state index contributed by atoms with van der Waals surface area (Å²) in [6, 6.07) is 0.257. The number of rotatable bonds is 7. The van der Waals surface area contributed by atoms with E-state index in [1.165, 1.54) is 0 Å². The van der Waals surface area contributed by atoms with Crippen molar-refractivity contribution in [3.8, 4) is 0 Å². The highest BCUT2D eigenvalue weighted by molar-refractivity contribution is 6.28. The van der Waals surface area contributed by atoms with Gasteiger partial charge in [0.1, 0.15) is 0 Å². The number of methoxy groups -OCH3 is 1. The number of anilines is 2. The number of hydrogen-bond acceptors (Lipinski definition) is 6. The fraction of sp³-hybridized carbons (Fsp3) is 0.727. The fourth-order valence-electron chi connectivity index (χ4n) is 1.48. The molecule has 1 heterocycles. The standard InChI is InChI=1S/C11H20ClN5O/c1-5-13-10-14-9(12)15-11(16-10)17(8(2)3)6-7-18-4/h8H,5-7H2,1-4H3,(H,13,14,15,16). The van der Waals surface area contributed by atoms with Crippen LogP contribution in [-0.2, 0) is 4.74 Å². The molecule has 18 heavy (non-hydrogen) atoms. The molecular weight excluding hydrogens is 254 g/mol. The molecule has 0 fully saturated rings. The molecule has 0 aromatic carbocycles. The van der Waals surface area contributed by atoms with E-state index >= 15 is 0 Å². The summed E-state index contributed by atoms with van der Waals surface area (Å²) in [4.78, 5) is 14.6. The molecule has 1 aromatic heterocycles. The molecule has 7 heteroatoms. The van der Waals surface area contributed by atoms with E-state index in [1.54, 1.807) is 7.11 Å². The maximum absolute atomic E-state index is 5.91. The first-order valence-corrected chi connectivity index (χ1v) is 6.37. The molecule has 1 aromatic rings. The average molecular weight is 274 g/mol. The molecule has 1 rings (SSSR count). The molecule has 0 unspecified atom stereocenters. The highest BCUT2D eigenvalue weighted by Crippen LogP contribution is 2.15. The van der Waals surface area contributed by atoms with Crippen LogP contribution in [0.2, 0.25) is 5.28 Å². The molecule has 6 nitrogen and oxygen atoms in total. The first-order chi connectivity index (χ1) is 8.58. The molecule has 0 spiro atoms. The summed E-state index contributed by atoms with van der Waals surface area (Å²) in [6.07, 6.45) is 0. The van der Waals surface area contributed by atoms with Gasteiger partial charge in [0.25, 0.3) is 0 Å². The molecule has 0 aliphatic rings. The van der Waals surface area contributed by atoms with Crippen LogP contribution in [0, 0.1) is 0 Å². The summed E-state index contributed by atoms with van der Waals surface area (Å²) in [5.74, 6) is 1.06. The van der Waals surface area contributed by atoms with Crippen molar-refractivity contribution in [3.05, 3.63) is 5.28 Å². The lowest BCUT2D eigenvalue weighted by atomic mass is 10.3. The van der Waals surface area contributed by atoms with Crippen molar-refractivity contribution in [3.63, 3.8) is 0 Å². The van der Waals surface area contributed by atoms with Crippen LogP contribution in [0.1, 0.15) is 20.8 Å². The summed E-state index contributed by atoms with van der Waals surface area (Å²) >= 11 is 5.91. The van der Waals surface area contributed by atoms with E-state index < -0.39 is 0 Å². The van der Waals surface area contributed by atoms with E-state index in [2.05, 4.69) is 34.1 Å². The highest BCUT2D eigenvalue weighted by Gasteiger charge is 2.15. The van der Waals surface area contributed by atoms with Gasteiger partial charge in [0, 0.05) is 26.2 Å². The lowest BCUT2D eigenvalue weighted by Gasteiger charge is -2.26. The Morgan fingerprint density at radius 1 is 1.33 bits per heavy atom. The van der Waals surface area contributed by atoms with Gasteiger partial charge in [-0.25, -0.2) is 0 Å². The molecule has 0 atom stereocenters. The van der Waals surface area contributed by atoms with Crippen LogP contribution >= 0.6 is 11.6 Å². The van der Waals surface area contributed by atoms with E-state index in [0.717, 1.165) is 6.54 Å². The first-order valence-electron chi connectivity index (χ1n) is 5.99. The smallest absolute Gasteiger partial charge is 0.231 e. The fourth-order valence-corrected chi connectivity index (χ4v) is 1.64. The van der Waals surface area contributed by atoms with E-state index in [9.17, 15) is 0 Å². The van der Waals surface area contributed by atoms with Crippen LogP contribution < -0.4 is 10.2 Å². The van der Waals surface area contributed by atoms with Gasteiger partial charge in [-0.3, -0.25) is 0 Å². The van der Waals surface area contributed by atoms with Crippen molar-refractivity contribution in [2.45, 2.75) is 26.8 Å². The van der Waals surface area contributed by atoms with Crippen molar-refractivity contribution in [1.82, 2.24) is 15.0 Å². The quantitative estimate of drug-likeness (QED) is 0.818. The van der Waals surface area contributed by atoms with Crippen molar-refractivity contribution in [2.24, 2.45) is 0 Å². The maximum atomic E-state index is 5.91. The minimum Gasteiger partial charge on any atom is -0.383 e. The number of nitrogens with zero attached hydrogens (tertiary/aromatic N) is 4. The van der Waals surface area contributed by atoms with Gasteiger partial charge in [0.2, 0.25) is 17.2 Å². The third kappa shape index (κ3) is 4.27. The predicted molar refractivity (Wildman–Crippen MR) is 73.4 cm³/mol. The highest BCUT2D eigenvalue weighted by atomic mass is 35.5.